The smallest absolute Gasteiger partial charge is 0.244 e. The molecule has 5 nitrogen and oxygen atoms in total. The van der Waals surface area contributed by atoms with Gasteiger partial charge in [-0.15, -0.1) is 0 Å². The molecule has 18 heavy (non-hydrogen) atoms. The van der Waals surface area contributed by atoms with Crippen LogP contribution in [-0.4, -0.2) is 15.0 Å². The van der Waals surface area contributed by atoms with Crippen molar-refractivity contribution in [1.82, 2.24) is 4.72 Å². The van der Waals surface area contributed by atoms with Gasteiger partial charge in [0.25, 0.3) is 0 Å². The summed E-state index contributed by atoms with van der Waals surface area (Å²) in [5, 5.41) is 0. The molecule has 6 heteroatoms. The van der Waals surface area contributed by atoms with Crippen molar-refractivity contribution in [1.29, 1.82) is 0 Å². The lowest BCUT2D eigenvalue weighted by atomic mass is 9.91. The van der Waals surface area contributed by atoms with Gasteiger partial charge in [0.05, 0.1) is 6.54 Å². The molecule has 0 radical (unpaired) electrons. The van der Waals surface area contributed by atoms with E-state index in [1.807, 2.05) is 20.8 Å². The summed E-state index contributed by atoms with van der Waals surface area (Å²) in [5.41, 5.74) is 5.36. The molecule has 0 aromatic carbocycles. The van der Waals surface area contributed by atoms with E-state index in [4.69, 9.17) is 10.2 Å². The zero-order valence-electron chi connectivity index (χ0n) is 11.4. The third-order valence-electron chi connectivity index (χ3n) is 3.11. The molecule has 1 heterocycles. The van der Waals surface area contributed by atoms with Crippen LogP contribution in [0.2, 0.25) is 0 Å². The number of hydrogen-bond donors (Lipinski definition) is 2. The Hall–Kier alpha value is -0.850. The lowest BCUT2D eigenvalue weighted by Crippen LogP contribution is -2.33. The molecule has 0 saturated carbocycles. The molecule has 0 atom stereocenters. The summed E-state index contributed by atoms with van der Waals surface area (Å²) in [5.74, 6) is 0.847. The van der Waals surface area contributed by atoms with Crippen LogP contribution in [0.5, 0.6) is 0 Å². The molecule has 0 saturated heterocycles. The molecule has 1 aromatic rings. The van der Waals surface area contributed by atoms with E-state index in [1.54, 1.807) is 6.92 Å². The van der Waals surface area contributed by atoms with Crippen LogP contribution >= 0.6 is 0 Å². The van der Waals surface area contributed by atoms with Crippen molar-refractivity contribution in [3.63, 3.8) is 0 Å². The monoisotopic (exact) mass is 274 g/mol. The van der Waals surface area contributed by atoms with Gasteiger partial charge >= 0.3 is 0 Å². The molecular weight excluding hydrogens is 252 g/mol. The van der Waals surface area contributed by atoms with Gasteiger partial charge in [0.15, 0.2) is 0 Å². The Labute approximate surface area is 109 Å². The van der Waals surface area contributed by atoms with Crippen LogP contribution in [0.3, 0.4) is 0 Å². The van der Waals surface area contributed by atoms with E-state index in [0.717, 1.165) is 6.42 Å². The van der Waals surface area contributed by atoms with E-state index in [2.05, 4.69) is 4.72 Å². The van der Waals surface area contributed by atoms with Gasteiger partial charge in [0.2, 0.25) is 10.0 Å². The second-order valence-corrected chi connectivity index (χ2v) is 6.91. The summed E-state index contributed by atoms with van der Waals surface area (Å²) in [6.45, 7) is 8.28. The highest BCUT2D eigenvalue weighted by Crippen LogP contribution is 2.22. The predicted octanol–water partition coefficient (Wildman–Crippen LogP) is 1.76. The van der Waals surface area contributed by atoms with E-state index < -0.39 is 10.0 Å². The first-order valence-electron chi connectivity index (χ1n) is 6.01. The fourth-order valence-corrected chi connectivity index (χ4v) is 2.83. The summed E-state index contributed by atoms with van der Waals surface area (Å²) in [6, 6.07) is 1.48. The molecule has 0 aliphatic rings. The summed E-state index contributed by atoms with van der Waals surface area (Å²) in [7, 11) is -3.52. The maximum absolute atomic E-state index is 12.1. The molecule has 0 unspecified atom stereocenters. The minimum Gasteiger partial charge on any atom is -0.464 e. The van der Waals surface area contributed by atoms with Gasteiger partial charge in [-0.1, -0.05) is 20.8 Å². The number of rotatable bonds is 6. The zero-order valence-corrected chi connectivity index (χ0v) is 12.2. The topological polar surface area (TPSA) is 85.3 Å². The molecule has 1 rings (SSSR count). The van der Waals surface area contributed by atoms with Crippen molar-refractivity contribution >= 4 is 10.0 Å². The average Bonchev–Trinajstić information content (AvgIpc) is 2.69. The quantitative estimate of drug-likeness (QED) is 0.827. The normalized spacial score (nSPS) is 12.9. The van der Waals surface area contributed by atoms with Crippen LogP contribution in [0, 0.1) is 12.3 Å². The first-order valence-corrected chi connectivity index (χ1v) is 7.49. The number of aryl methyl sites for hydroxylation is 1. The molecule has 0 amide bonds. The Morgan fingerprint density at radius 3 is 2.50 bits per heavy atom. The molecule has 104 valence electrons. The van der Waals surface area contributed by atoms with Crippen LogP contribution in [0.4, 0.5) is 0 Å². The minimum absolute atomic E-state index is 0.0680. The van der Waals surface area contributed by atoms with E-state index in [1.165, 1.54) is 6.07 Å². The Kier molecular flexibility index (Phi) is 4.58. The zero-order chi connectivity index (χ0) is 14.0. The third kappa shape index (κ3) is 3.57. The number of nitrogens with two attached hydrogens (primary N) is 1. The number of sulfonamides is 1. The first-order chi connectivity index (χ1) is 8.22. The second kappa shape index (κ2) is 5.42. The lowest BCUT2D eigenvalue weighted by molar-refractivity contribution is 0.350. The summed E-state index contributed by atoms with van der Waals surface area (Å²) < 4.78 is 32.1. The van der Waals surface area contributed by atoms with E-state index >= 15 is 0 Å². The summed E-state index contributed by atoms with van der Waals surface area (Å²) in [4.78, 5) is 0.176. The SMILES string of the molecule is CCC(C)(C)CNS(=O)(=O)c1cc(CN)oc1C. The molecule has 0 fully saturated rings. The average molecular weight is 274 g/mol. The number of hydrogen-bond acceptors (Lipinski definition) is 4. The van der Waals surface area contributed by atoms with Gasteiger partial charge in [-0.2, -0.15) is 0 Å². The first kappa shape index (κ1) is 15.2. The Morgan fingerprint density at radius 1 is 1.44 bits per heavy atom. The van der Waals surface area contributed by atoms with Crippen molar-refractivity contribution in [2.45, 2.75) is 45.6 Å². The molecule has 0 spiro atoms. The van der Waals surface area contributed by atoms with Crippen LogP contribution in [-0.2, 0) is 16.6 Å². The van der Waals surface area contributed by atoms with Gasteiger partial charge in [-0.25, -0.2) is 13.1 Å². The van der Waals surface area contributed by atoms with Gasteiger partial charge < -0.3 is 10.2 Å². The van der Waals surface area contributed by atoms with Crippen molar-refractivity contribution < 1.29 is 12.8 Å². The Balaban J connectivity index is 2.90. The largest absolute Gasteiger partial charge is 0.464 e. The molecule has 3 N–H and O–H groups in total. The molecular formula is C12H22N2O3S. The van der Waals surface area contributed by atoms with Gasteiger partial charge in [0.1, 0.15) is 16.4 Å². The fourth-order valence-electron chi connectivity index (χ4n) is 1.38. The van der Waals surface area contributed by atoms with Crippen molar-refractivity contribution in [2.75, 3.05) is 6.54 Å². The maximum atomic E-state index is 12.1. The number of nitrogens with one attached hydrogen (secondary N) is 1. The number of furan rings is 1. The van der Waals surface area contributed by atoms with Crippen LogP contribution in [0.1, 0.15) is 38.7 Å². The highest BCUT2D eigenvalue weighted by atomic mass is 32.2. The summed E-state index contributed by atoms with van der Waals surface area (Å²) in [6.07, 6.45) is 0.897. The molecule has 0 aliphatic heterocycles. The van der Waals surface area contributed by atoms with Crippen LogP contribution in [0.25, 0.3) is 0 Å². The highest BCUT2D eigenvalue weighted by Gasteiger charge is 2.24. The van der Waals surface area contributed by atoms with Gasteiger partial charge in [-0.3, -0.25) is 0 Å². The van der Waals surface area contributed by atoms with Crippen molar-refractivity contribution in [3.8, 4) is 0 Å². The molecule has 0 aliphatic carbocycles. The minimum atomic E-state index is -3.52. The van der Waals surface area contributed by atoms with Crippen LogP contribution in [0.15, 0.2) is 15.4 Å². The maximum Gasteiger partial charge on any atom is 0.244 e. The van der Waals surface area contributed by atoms with Crippen LogP contribution < -0.4 is 10.5 Å². The summed E-state index contributed by atoms with van der Waals surface area (Å²) >= 11 is 0. The van der Waals surface area contributed by atoms with Crippen molar-refractivity contribution in [2.24, 2.45) is 11.1 Å². The van der Waals surface area contributed by atoms with Crippen molar-refractivity contribution in [3.05, 3.63) is 17.6 Å². The van der Waals surface area contributed by atoms with E-state index in [-0.39, 0.29) is 16.9 Å². The Bertz CT molecular complexity index is 503. The molecule has 1 aromatic heterocycles. The Morgan fingerprint density at radius 2 is 2.06 bits per heavy atom. The lowest BCUT2D eigenvalue weighted by Gasteiger charge is -2.22. The van der Waals surface area contributed by atoms with Gasteiger partial charge in [0, 0.05) is 12.6 Å². The van der Waals surface area contributed by atoms with Gasteiger partial charge in [-0.05, 0) is 18.8 Å². The van der Waals surface area contributed by atoms with E-state index in [9.17, 15) is 8.42 Å². The third-order valence-corrected chi connectivity index (χ3v) is 4.62. The molecule has 0 bridgehead atoms. The predicted molar refractivity (Wildman–Crippen MR) is 70.6 cm³/mol. The fraction of sp³-hybridized carbons (Fsp3) is 0.667. The van der Waals surface area contributed by atoms with E-state index in [0.29, 0.717) is 18.1 Å². The standard InChI is InChI=1S/C12H22N2O3S/c1-5-12(3,4)8-14-18(15,16)11-6-10(7-13)17-9(11)2/h6,14H,5,7-8,13H2,1-4H3. The highest BCUT2D eigenvalue weighted by molar-refractivity contribution is 7.89. The second-order valence-electron chi connectivity index (χ2n) is 5.18.